The van der Waals surface area contributed by atoms with Crippen molar-refractivity contribution in [2.45, 2.75) is 44.3 Å². The molecular weight excluding hydrogens is 286 g/mol. The van der Waals surface area contributed by atoms with E-state index in [1.807, 2.05) is 0 Å². The largest absolute Gasteiger partial charge is 0.294 e. The average Bonchev–Trinajstić information content (AvgIpc) is 2.82. The van der Waals surface area contributed by atoms with Gasteiger partial charge in [-0.1, -0.05) is 31.0 Å². The number of aromatic nitrogens is 1. The summed E-state index contributed by atoms with van der Waals surface area (Å²) in [5.74, 6) is 0.968. The minimum absolute atomic E-state index is 0.137. The van der Waals surface area contributed by atoms with Gasteiger partial charge in [-0.15, -0.1) is 23.1 Å². The predicted molar refractivity (Wildman–Crippen MR) is 86.9 cm³/mol. The number of nitrogens with zero attached hydrogens (tertiary/aromatic N) is 1. The van der Waals surface area contributed by atoms with E-state index in [9.17, 15) is 4.79 Å². The van der Waals surface area contributed by atoms with E-state index in [0.717, 1.165) is 34.2 Å². The fourth-order valence-electron chi connectivity index (χ4n) is 1.92. The minimum Gasteiger partial charge on any atom is -0.294 e. The Morgan fingerprint density at radius 3 is 2.60 bits per heavy atom. The molecule has 2 rings (SSSR count). The molecule has 20 heavy (non-hydrogen) atoms. The highest BCUT2D eigenvalue weighted by Gasteiger charge is 2.14. The van der Waals surface area contributed by atoms with Gasteiger partial charge in [-0.05, 0) is 25.5 Å². The van der Waals surface area contributed by atoms with Crippen LogP contribution in [0.5, 0.6) is 0 Å². The van der Waals surface area contributed by atoms with E-state index < -0.39 is 0 Å². The molecule has 0 atom stereocenters. The van der Waals surface area contributed by atoms with Gasteiger partial charge < -0.3 is 0 Å². The van der Waals surface area contributed by atoms with Gasteiger partial charge in [0.2, 0.25) is 0 Å². The highest BCUT2D eigenvalue weighted by Crippen LogP contribution is 2.28. The second-order valence-corrected chi connectivity index (χ2v) is 6.92. The summed E-state index contributed by atoms with van der Waals surface area (Å²) >= 11 is 3.32. The van der Waals surface area contributed by atoms with Crippen LogP contribution in [0.3, 0.4) is 0 Å². The summed E-state index contributed by atoms with van der Waals surface area (Å²) in [6.45, 7) is 5.83. The molecule has 0 aliphatic heterocycles. The van der Waals surface area contributed by atoms with Crippen LogP contribution >= 0.6 is 23.1 Å². The van der Waals surface area contributed by atoms with Gasteiger partial charge in [0.15, 0.2) is 5.78 Å². The van der Waals surface area contributed by atoms with Crippen LogP contribution in [0.25, 0.3) is 0 Å². The predicted octanol–water partition coefficient (Wildman–Crippen LogP) is 4.90. The van der Waals surface area contributed by atoms with Gasteiger partial charge in [-0.3, -0.25) is 4.79 Å². The second-order valence-electron chi connectivity index (χ2n) is 4.79. The zero-order valence-electron chi connectivity index (χ0n) is 12.1. The van der Waals surface area contributed by atoms with Gasteiger partial charge in [0.25, 0.3) is 0 Å². The smallest absolute Gasteiger partial charge is 0.171 e. The molecule has 4 heteroatoms. The van der Waals surface area contributed by atoms with E-state index in [1.165, 1.54) is 10.5 Å². The van der Waals surface area contributed by atoms with Crippen LogP contribution < -0.4 is 0 Å². The molecule has 2 aromatic rings. The van der Waals surface area contributed by atoms with Crippen LogP contribution in [0, 0.1) is 6.92 Å². The van der Waals surface area contributed by atoms with E-state index in [0.29, 0.717) is 0 Å². The van der Waals surface area contributed by atoms with Crippen molar-refractivity contribution in [1.82, 2.24) is 4.98 Å². The number of hydrogen-bond donors (Lipinski definition) is 0. The van der Waals surface area contributed by atoms with Crippen LogP contribution in [-0.4, -0.2) is 10.8 Å². The molecule has 0 N–H and O–H groups in total. The zero-order chi connectivity index (χ0) is 14.5. The highest BCUT2D eigenvalue weighted by atomic mass is 32.2. The number of Topliss-reactive ketones (excluding diaryl/α,β-unsaturated/α-hetero) is 1. The number of carbonyl (C=O) groups is 1. The Morgan fingerprint density at radius 2 is 2.00 bits per heavy atom. The Hall–Kier alpha value is -1.13. The second kappa shape index (κ2) is 7.04. The number of ketones is 1. The molecule has 106 valence electrons. The number of aryl methyl sites for hydroxylation is 2. The normalized spacial score (nSPS) is 10.8. The summed E-state index contributed by atoms with van der Waals surface area (Å²) in [6, 6.07) is 8.50. The van der Waals surface area contributed by atoms with Crippen molar-refractivity contribution in [3.05, 3.63) is 45.4 Å². The van der Waals surface area contributed by atoms with Gasteiger partial charge in [-0.2, -0.15) is 0 Å². The zero-order valence-corrected chi connectivity index (χ0v) is 13.7. The number of carbonyl (C=O) groups excluding carboxylic acids is 1. The molecule has 0 radical (unpaired) electrons. The molecule has 1 heterocycles. The Labute approximate surface area is 128 Å². The van der Waals surface area contributed by atoms with Gasteiger partial charge in [-0.25, -0.2) is 4.98 Å². The maximum absolute atomic E-state index is 11.6. The summed E-state index contributed by atoms with van der Waals surface area (Å²) in [5.41, 5.74) is 2.25. The van der Waals surface area contributed by atoms with Crippen molar-refractivity contribution in [2.24, 2.45) is 0 Å². The molecule has 1 aromatic heterocycles. The molecule has 0 amide bonds. The number of thiazole rings is 1. The minimum atomic E-state index is 0.137. The third-order valence-corrected chi connectivity index (χ3v) is 5.34. The Bertz CT molecular complexity index is 587. The quantitative estimate of drug-likeness (QED) is 0.561. The molecule has 0 aliphatic rings. The molecule has 1 aromatic carbocycles. The molecular formula is C16H19NOS2. The number of thioether (sulfide) groups is 1. The van der Waals surface area contributed by atoms with Gasteiger partial charge in [0.05, 0.1) is 16.3 Å². The number of hydrogen-bond acceptors (Lipinski definition) is 4. The van der Waals surface area contributed by atoms with Gasteiger partial charge in [0, 0.05) is 11.8 Å². The molecule has 0 bridgehead atoms. The van der Waals surface area contributed by atoms with Crippen LogP contribution in [0.1, 0.15) is 46.2 Å². The Morgan fingerprint density at radius 1 is 1.30 bits per heavy atom. The molecule has 0 saturated carbocycles. The van der Waals surface area contributed by atoms with Crippen molar-refractivity contribution in [3.63, 3.8) is 0 Å². The molecule has 0 saturated heterocycles. The Balaban J connectivity index is 2.07. The SMILES string of the molecule is CCCc1nc(CSc2ccc(C)cc2)sc1C(C)=O. The molecule has 2 nitrogen and oxygen atoms in total. The van der Waals surface area contributed by atoms with Gasteiger partial charge >= 0.3 is 0 Å². The first-order valence-electron chi connectivity index (χ1n) is 6.79. The monoisotopic (exact) mass is 305 g/mol. The van der Waals surface area contributed by atoms with Crippen molar-refractivity contribution in [2.75, 3.05) is 0 Å². The molecule has 0 fully saturated rings. The summed E-state index contributed by atoms with van der Waals surface area (Å²) in [7, 11) is 0. The van der Waals surface area contributed by atoms with E-state index in [-0.39, 0.29) is 5.78 Å². The van der Waals surface area contributed by atoms with Crippen LogP contribution in [0.2, 0.25) is 0 Å². The van der Waals surface area contributed by atoms with Crippen molar-refractivity contribution < 1.29 is 4.79 Å². The molecule has 0 aliphatic carbocycles. The molecule has 0 unspecified atom stereocenters. The fourth-order valence-corrected chi connectivity index (χ4v) is 3.82. The van der Waals surface area contributed by atoms with Crippen molar-refractivity contribution in [1.29, 1.82) is 0 Å². The first kappa shape index (κ1) is 15.3. The van der Waals surface area contributed by atoms with E-state index in [1.54, 1.807) is 30.0 Å². The summed E-state index contributed by atoms with van der Waals surface area (Å²) in [6.07, 6.45) is 1.91. The third-order valence-electron chi connectivity index (χ3n) is 2.93. The lowest BCUT2D eigenvalue weighted by Crippen LogP contribution is -1.95. The lowest BCUT2D eigenvalue weighted by atomic mass is 10.2. The summed E-state index contributed by atoms with van der Waals surface area (Å²) in [4.78, 5) is 18.3. The first-order chi connectivity index (χ1) is 9.60. The first-order valence-corrected chi connectivity index (χ1v) is 8.59. The third kappa shape index (κ3) is 3.93. The van der Waals surface area contributed by atoms with Crippen molar-refractivity contribution in [3.8, 4) is 0 Å². The standard InChI is InChI=1S/C16H19NOS2/c1-4-5-14-16(12(3)18)20-15(17-14)10-19-13-8-6-11(2)7-9-13/h6-9H,4-5,10H2,1-3H3. The summed E-state index contributed by atoms with van der Waals surface area (Å²) < 4.78 is 0. The topological polar surface area (TPSA) is 30.0 Å². The number of rotatable bonds is 6. The maximum atomic E-state index is 11.6. The molecule has 0 spiro atoms. The van der Waals surface area contributed by atoms with Crippen molar-refractivity contribution >= 4 is 28.9 Å². The average molecular weight is 305 g/mol. The lowest BCUT2D eigenvalue weighted by Gasteiger charge is -1.99. The van der Waals surface area contributed by atoms with Crippen LogP contribution in [0.4, 0.5) is 0 Å². The summed E-state index contributed by atoms with van der Waals surface area (Å²) in [5, 5.41) is 1.05. The lowest BCUT2D eigenvalue weighted by molar-refractivity contribution is 0.102. The van der Waals surface area contributed by atoms with Gasteiger partial charge in [0.1, 0.15) is 5.01 Å². The maximum Gasteiger partial charge on any atom is 0.171 e. The highest BCUT2D eigenvalue weighted by molar-refractivity contribution is 7.98. The Kier molecular flexibility index (Phi) is 5.38. The van der Waals surface area contributed by atoms with E-state index in [4.69, 9.17) is 0 Å². The van der Waals surface area contributed by atoms with Crippen LogP contribution in [-0.2, 0) is 12.2 Å². The van der Waals surface area contributed by atoms with E-state index >= 15 is 0 Å². The van der Waals surface area contributed by atoms with Crippen LogP contribution in [0.15, 0.2) is 29.2 Å². The van der Waals surface area contributed by atoms with E-state index in [2.05, 4.69) is 43.1 Å². The fraction of sp³-hybridized carbons (Fsp3) is 0.375. The number of benzene rings is 1.